The third-order valence-corrected chi connectivity index (χ3v) is 7.28. The Bertz CT molecular complexity index is 745. The molecule has 1 amide bonds. The van der Waals surface area contributed by atoms with E-state index >= 15 is 0 Å². The molecule has 0 spiro atoms. The molecule has 0 unspecified atom stereocenters. The molecule has 1 aromatic rings. The lowest BCUT2D eigenvalue weighted by Gasteiger charge is -2.25. The third-order valence-electron chi connectivity index (χ3n) is 6.37. The van der Waals surface area contributed by atoms with E-state index in [0.717, 1.165) is 35.7 Å². The lowest BCUT2D eigenvalue weighted by molar-refractivity contribution is -0.139. The summed E-state index contributed by atoms with van der Waals surface area (Å²) in [5.74, 6) is -0.706. The second kappa shape index (κ2) is 19.4. The van der Waals surface area contributed by atoms with E-state index < -0.39 is 5.97 Å². The van der Waals surface area contributed by atoms with Crippen LogP contribution in [-0.4, -0.2) is 36.4 Å². The van der Waals surface area contributed by atoms with E-state index in [2.05, 4.69) is 6.92 Å². The predicted octanol–water partition coefficient (Wildman–Crippen LogP) is 7.55. The van der Waals surface area contributed by atoms with Gasteiger partial charge in [0.1, 0.15) is 6.54 Å². The standard InChI is InChI=1S/C29H47NO4S/c1-5-6-7-8-9-10-11-12-13-14-15-16-17-21-28(33)35-23-26(31)30(22-27(32)34-4)29-24(2)19-18-20-25(29)3/h18-20H,5-17,21-23H2,1-4H3. The molecule has 0 saturated heterocycles. The molecule has 0 aliphatic heterocycles. The van der Waals surface area contributed by atoms with Crippen LogP contribution in [0.5, 0.6) is 0 Å². The maximum absolute atomic E-state index is 12.9. The van der Waals surface area contributed by atoms with Crippen LogP contribution in [0.4, 0.5) is 5.69 Å². The Hall–Kier alpha value is -1.82. The van der Waals surface area contributed by atoms with Crippen LogP contribution >= 0.6 is 11.8 Å². The first-order valence-corrected chi connectivity index (χ1v) is 14.5. The predicted molar refractivity (Wildman–Crippen MR) is 148 cm³/mol. The average Bonchev–Trinajstić information content (AvgIpc) is 2.84. The van der Waals surface area contributed by atoms with Gasteiger partial charge < -0.3 is 4.74 Å². The SMILES string of the molecule is CCCCCCCCCCCCCCCC(=O)SCC(=O)N(CC(=O)OC)c1c(C)cccc1C. The molecule has 5 nitrogen and oxygen atoms in total. The summed E-state index contributed by atoms with van der Waals surface area (Å²) in [5, 5.41) is 0.0425. The highest BCUT2D eigenvalue weighted by molar-refractivity contribution is 8.14. The number of rotatable bonds is 19. The summed E-state index contributed by atoms with van der Waals surface area (Å²) >= 11 is 1.06. The van der Waals surface area contributed by atoms with Crippen molar-refractivity contribution in [1.29, 1.82) is 0 Å². The molecule has 0 aliphatic rings. The lowest BCUT2D eigenvalue weighted by Crippen LogP contribution is -2.38. The van der Waals surface area contributed by atoms with Gasteiger partial charge in [0.05, 0.1) is 18.6 Å². The Morgan fingerprint density at radius 3 is 1.77 bits per heavy atom. The largest absolute Gasteiger partial charge is 0.468 e. The zero-order valence-corrected chi connectivity index (χ0v) is 23.4. The molecule has 0 N–H and O–H groups in total. The monoisotopic (exact) mass is 505 g/mol. The minimum absolute atomic E-state index is 0.0298. The van der Waals surface area contributed by atoms with Crippen molar-refractivity contribution in [3.8, 4) is 0 Å². The van der Waals surface area contributed by atoms with Crippen LogP contribution in [0.1, 0.15) is 108 Å². The fourth-order valence-corrected chi connectivity index (χ4v) is 5.03. The molecule has 0 heterocycles. The first kappa shape index (κ1) is 31.2. The van der Waals surface area contributed by atoms with Crippen LogP contribution in [0.3, 0.4) is 0 Å². The summed E-state index contributed by atoms with van der Waals surface area (Å²) < 4.78 is 4.78. The quantitative estimate of drug-likeness (QED) is 0.143. The zero-order valence-electron chi connectivity index (χ0n) is 22.5. The van der Waals surface area contributed by atoms with Crippen LogP contribution in [0.25, 0.3) is 0 Å². The second-order valence-electron chi connectivity index (χ2n) is 9.45. The molecule has 0 fully saturated rings. The van der Waals surface area contributed by atoms with E-state index in [1.165, 1.54) is 82.6 Å². The maximum atomic E-state index is 12.9. The number of amides is 1. The number of nitrogens with zero attached hydrogens (tertiary/aromatic N) is 1. The highest BCUT2D eigenvalue weighted by atomic mass is 32.2. The van der Waals surface area contributed by atoms with E-state index in [1.807, 2.05) is 32.0 Å². The van der Waals surface area contributed by atoms with Crippen molar-refractivity contribution in [3.05, 3.63) is 29.3 Å². The number of unbranched alkanes of at least 4 members (excludes halogenated alkanes) is 12. The molecule has 0 radical (unpaired) electrons. The Balaban J connectivity index is 2.25. The molecular formula is C29H47NO4S. The van der Waals surface area contributed by atoms with Crippen LogP contribution in [0.15, 0.2) is 18.2 Å². The molecule has 1 rings (SSSR count). The Kier molecular flexibility index (Phi) is 17.3. The van der Waals surface area contributed by atoms with Crippen molar-refractivity contribution in [2.45, 2.75) is 111 Å². The summed E-state index contributed by atoms with van der Waals surface area (Å²) in [7, 11) is 1.31. The molecule has 35 heavy (non-hydrogen) atoms. The first-order valence-electron chi connectivity index (χ1n) is 13.5. The van der Waals surface area contributed by atoms with Gasteiger partial charge in [-0.2, -0.15) is 0 Å². The molecule has 0 atom stereocenters. The van der Waals surface area contributed by atoms with E-state index in [-0.39, 0.29) is 23.3 Å². The van der Waals surface area contributed by atoms with Gasteiger partial charge in [-0.3, -0.25) is 19.3 Å². The Labute approximate surface area is 217 Å². The molecule has 0 aliphatic carbocycles. The molecule has 0 bridgehead atoms. The number of benzene rings is 1. The van der Waals surface area contributed by atoms with E-state index in [9.17, 15) is 14.4 Å². The lowest BCUT2D eigenvalue weighted by atomic mass is 10.0. The zero-order chi connectivity index (χ0) is 25.9. The number of methoxy groups -OCH3 is 1. The number of esters is 1. The number of ether oxygens (including phenoxy) is 1. The topological polar surface area (TPSA) is 63.7 Å². The van der Waals surface area contributed by atoms with Crippen LogP contribution in [-0.2, 0) is 19.1 Å². The number of carbonyl (C=O) groups excluding carboxylic acids is 3. The van der Waals surface area contributed by atoms with Crippen LogP contribution in [0.2, 0.25) is 0 Å². The fourth-order valence-electron chi connectivity index (χ4n) is 4.30. The Morgan fingerprint density at radius 2 is 1.29 bits per heavy atom. The van der Waals surface area contributed by atoms with Crippen LogP contribution < -0.4 is 4.90 Å². The van der Waals surface area contributed by atoms with Gasteiger partial charge in [-0.1, -0.05) is 114 Å². The molecule has 0 saturated carbocycles. The third kappa shape index (κ3) is 13.7. The first-order chi connectivity index (χ1) is 16.9. The highest BCUT2D eigenvalue weighted by Crippen LogP contribution is 2.26. The van der Waals surface area contributed by atoms with Gasteiger partial charge in [-0.15, -0.1) is 0 Å². The normalized spacial score (nSPS) is 10.9. The van der Waals surface area contributed by atoms with E-state index in [4.69, 9.17) is 4.74 Å². The number of thioether (sulfide) groups is 1. The van der Waals surface area contributed by atoms with Gasteiger partial charge in [0, 0.05) is 6.42 Å². The second-order valence-corrected chi connectivity index (χ2v) is 10.5. The summed E-state index contributed by atoms with van der Waals surface area (Å²) in [5.41, 5.74) is 2.53. The summed E-state index contributed by atoms with van der Waals surface area (Å²) in [6, 6.07) is 5.74. The van der Waals surface area contributed by atoms with Crippen molar-refractivity contribution >= 4 is 34.4 Å². The Morgan fingerprint density at radius 1 is 0.800 bits per heavy atom. The molecule has 198 valence electrons. The van der Waals surface area contributed by atoms with Gasteiger partial charge in [-0.25, -0.2) is 0 Å². The number of hydrogen-bond acceptors (Lipinski definition) is 5. The summed E-state index contributed by atoms with van der Waals surface area (Å²) in [4.78, 5) is 38.6. The van der Waals surface area contributed by atoms with Crippen molar-refractivity contribution in [3.63, 3.8) is 0 Å². The fraction of sp³-hybridized carbons (Fsp3) is 0.690. The minimum Gasteiger partial charge on any atom is -0.468 e. The molecule has 6 heteroatoms. The van der Waals surface area contributed by atoms with Crippen LogP contribution in [0, 0.1) is 13.8 Å². The van der Waals surface area contributed by atoms with Gasteiger partial charge in [0.2, 0.25) is 5.91 Å². The minimum atomic E-state index is -0.482. The van der Waals surface area contributed by atoms with Crippen molar-refractivity contribution in [1.82, 2.24) is 0 Å². The van der Waals surface area contributed by atoms with Crippen molar-refractivity contribution in [2.75, 3.05) is 24.3 Å². The summed E-state index contributed by atoms with van der Waals surface area (Å²) in [6.45, 7) is 5.92. The van der Waals surface area contributed by atoms with Gasteiger partial charge >= 0.3 is 5.97 Å². The number of carbonyl (C=O) groups is 3. The van der Waals surface area contributed by atoms with Crippen molar-refractivity contribution in [2.24, 2.45) is 0 Å². The van der Waals surface area contributed by atoms with Crippen molar-refractivity contribution < 1.29 is 19.1 Å². The smallest absolute Gasteiger partial charge is 0.325 e. The number of para-hydroxylation sites is 1. The summed E-state index contributed by atoms with van der Waals surface area (Å²) in [6.07, 6.45) is 17.0. The molecule has 1 aromatic carbocycles. The average molecular weight is 506 g/mol. The maximum Gasteiger partial charge on any atom is 0.325 e. The highest BCUT2D eigenvalue weighted by Gasteiger charge is 2.23. The van der Waals surface area contributed by atoms with Gasteiger partial charge in [0.25, 0.3) is 0 Å². The van der Waals surface area contributed by atoms with Gasteiger partial charge in [0.15, 0.2) is 5.12 Å². The number of anilines is 1. The van der Waals surface area contributed by atoms with E-state index in [1.54, 1.807) is 0 Å². The molecular weight excluding hydrogens is 458 g/mol. The molecule has 0 aromatic heterocycles. The van der Waals surface area contributed by atoms with E-state index in [0.29, 0.717) is 12.1 Å². The number of hydrogen-bond donors (Lipinski definition) is 0. The number of aryl methyl sites for hydroxylation is 2. The van der Waals surface area contributed by atoms with Gasteiger partial charge in [-0.05, 0) is 31.4 Å².